The van der Waals surface area contributed by atoms with Crippen molar-refractivity contribution in [1.29, 1.82) is 0 Å². The van der Waals surface area contributed by atoms with Gasteiger partial charge in [-0.25, -0.2) is 4.99 Å². The summed E-state index contributed by atoms with van der Waals surface area (Å²) in [6.07, 6.45) is -0.329. The SMILES string of the molecule is c1ccc(C2=NC(n3c4ccccc4c4ccc5c(c6ccc7c8ccccc8oc7c6n5-c5ccccc5)c43)=NC(c3ccccc3)N2)cc1. The Morgan fingerprint density at radius 1 is 0.510 bits per heavy atom. The van der Waals surface area contributed by atoms with E-state index in [0.717, 1.165) is 88.2 Å². The smallest absolute Gasteiger partial charge is 0.234 e. The lowest BCUT2D eigenvalue weighted by atomic mass is 10.1. The first-order valence-corrected chi connectivity index (χ1v) is 17.2. The van der Waals surface area contributed by atoms with Gasteiger partial charge in [0.05, 0.1) is 22.1 Å². The van der Waals surface area contributed by atoms with Gasteiger partial charge in [-0.2, -0.15) is 4.99 Å². The second-order valence-corrected chi connectivity index (χ2v) is 13.0. The van der Waals surface area contributed by atoms with Crippen molar-refractivity contribution < 1.29 is 4.42 Å². The van der Waals surface area contributed by atoms with Crippen LogP contribution >= 0.6 is 0 Å². The Morgan fingerprint density at radius 3 is 2.00 bits per heavy atom. The number of hydrogen-bond acceptors (Lipinski definition) is 4. The summed E-state index contributed by atoms with van der Waals surface area (Å²) < 4.78 is 11.3. The van der Waals surface area contributed by atoms with Crippen LogP contribution in [0.1, 0.15) is 17.3 Å². The summed E-state index contributed by atoms with van der Waals surface area (Å²) in [6.45, 7) is 0. The zero-order chi connectivity index (χ0) is 33.5. The summed E-state index contributed by atoms with van der Waals surface area (Å²) in [7, 11) is 0. The number of nitrogens with one attached hydrogen (secondary N) is 1. The fourth-order valence-corrected chi connectivity index (χ4v) is 7.95. The molecule has 3 aromatic heterocycles. The van der Waals surface area contributed by atoms with Crippen LogP contribution in [0.4, 0.5) is 0 Å². The minimum Gasteiger partial charge on any atom is -0.454 e. The van der Waals surface area contributed by atoms with E-state index in [0.29, 0.717) is 5.96 Å². The molecule has 1 aliphatic rings. The number of fused-ring (bicyclic) bond motifs is 11. The quantitative estimate of drug-likeness (QED) is 0.206. The zero-order valence-corrected chi connectivity index (χ0v) is 27.4. The third-order valence-corrected chi connectivity index (χ3v) is 10.2. The average molecular weight is 656 g/mol. The lowest BCUT2D eigenvalue weighted by Gasteiger charge is -2.24. The Balaban J connectivity index is 1.31. The summed E-state index contributed by atoms with van der Waals surface area (Å²) >= 11 is 0. The van der Waals surface area contributed by atoms with Crippen LogP contribution in [-0.4, -0.2) is 20.9 Å². The van der Waals surface area contributed by atoms with Gasteiger partial charge in [0.15, 0.2) is 5.58 Å². The molecule has 0 bridgehead atoms. The molecule has 1 N–H and O–H groups in total. The minimum atomic E-state index is -0.329. The number of para-hydroxylation sites is 3. The summed E-state index contributed by atoms with van der Waals surface area (Å²) in [6, 6.07) is 57.1. The highest BCUT2D eigenvalue weighted by molar-refractivity contribution is 6.31. The maximum Gasteiger partial charge on any atom is 0.234 e. The second kappa shape index (κ2) is 10.8. The largest absolute Gasteiger partial charge is 0.454 e. The second-order valence-electron chi connectivity index (χ2n) is 13.0. The maximum absolute atomic E-state index is 6.72. The first-order valence-electron chi connectivity index (χ1n) is 17.2. The van der Waals surface area contributed by atoms with Crippen molar-refractivity contribution >= 4 is 77.3 Å². The van der Waals surface area contributed by atoms with Crippen LogP contribution in [0.25, 0.3) is 71.2 Å². The van der Waals surface area contributed by atoms with Gasteiger partial charge < -0.3 is 14.3 Å². The zero-order valence-electron chi connectivity index (χ0n) is 27.4. The van der Waals surface area contributed by atoms with E-state index >= 15 is 0 Å². The van der Waals surface area contributed by atoms with E-state index in [9.17, 15) is 0 Å². The molecule has 7 aromatic carbocycles. The Morgan fingerprint density at radius 2 is 1.18 bits per heavy atom. The number of furan rings is 1. The van der Waals surface area contributed by atoms with Crippen LogP contribution in [0, 0.1) is 0 Å². The first-order chi connectivity index (χ1) is 25.3. The minimum absolute atomic E-state index is 0.329. The topological polar surface area (TPSA) is 59.8 Å². The monoisotopic (exact) mass is 655 g/mol. The van der Waals surface area contributed by atoms with E-state index in [2.05, 4.69) is 142 Å². The van der Waals surface area contributed by atoms with Gasteiger partial charge in [0.25, 0.3) is 0 Å². The van der Waals surface area contributed by atoms with Crippen LogP contribution in [0.5, 0.6) is 0 Å². The lowest BCUT2D eigenvalue weighted by Crippen LogP contribution is -2.35. The lowest BCUT2D eigenvalue weighted by molar-refractivity contribution is 0.668. The normalized spacial score (nSPS) is 14.9. The number of benzene rings is 7. The summed E-state index contributed by atoms with van der Waals surface area (Å²) in [4.78, 5) is 10.7. The number of rotatable bonds is 3. The van der Waals surface area contributed by atoms with Gasteiger partial charge in [0.1, 0.15) is 17.6 Å². The number of hydrogen-bond donors (Lipinski definition) is 1. The Labute approximate surface area is 292 Å². The molecule has 6 heteroatoms. The van der Waals surface area contributed by atoms with Gasteiger partial charge >= 0.3 is 0 Å². The average Bonchev–Trinajstić information content (AvgIpc) is 3.86. The van der Waals surface area contributed by atoms with Crippen molar-refractivity contribution in [2.24, 2.45) is 9.98 Å². The van der Waals surface area contributed by atoms with Gasteiger partial charge in [-0.1, -0.05) is 127 Å². The third kappa shape index (κ3) is 4.10. The first kappa shape index (κ1) is 28.0. The van der Waals surface area contributed by atoms with Gasteiger partial charge in [0, 0.05) is 43.6 Å². The Bertz CT molecular complexity index is 3040. The summed E-state index contributed by atoms with van der Waals surface area (Å²) in [5, 5.41) is 10.4. The molecule has 240 valence electrons. The molecular weight excluding hydrogens is 627 g/mol. The van der Waals surface area contributed by atoms with E-state index in [4.69, 9.17) is 14.4 Å². The highest BCUT2D eigenvalue weighted by Gasteiger charge is 2.27. The maximum atomic E-state index is 6.72. The summed E-state index contributed by atoms with van der Waals surface area (Å²) in [5.74, 6) is 1.41. The van der Waals surface area contributed by atoms with Gasteiger partial charge in [0.2, 0.25) is 5.96 Å². The predicted molar refractivity (Wildman–Crippen MR) is 209 cm³/mol. The molecular formula is C45H29N5O. The molecule has 1 unspecified atom stereocenters. The van der Waals surface area contributed by atoms with E-state index in [1.807, 2.05) is 36.4 Å². The van der Waals surface area contributed by atoms with Crippen LogP contribution in [0.15, 0.2) is 178 Å². The Kier molecular flexibility index (Phi) is 5.92. The highest BCUT2D eigenvalue weighted by Crippen LogP contribution is 2.44. The van der Waals surface area contributed by atoms with Crippen molar-refractivity contribution in [3.8, 4) is 5.69 Å². The number of aliphatic imine (C=N–C) groups is 2. The van der Waals surface area contributed by atoms with E-state index < -0.39 is 0 Å². The van der Waals surface area contributed by atoms with Crippen molar-refractivity contribution in [3.63, 3.8) is 0 Å². The van der Waals surface area contributed by atoms with Gasteiger partial charge in [-0.15, -0.1) is 0 Å². The molecule has 11 rings (SSSR count). The molecule has 0 fully saturated rings. The molecule has 0 saturated carbocycles. The van der Waals surface area contributed by atoms with Crippen molar-refractivity contribution in [2.75, 3.05) is 0 Å². The standard InChI is InChI=1S/C45H29N5O/c1-4-14-28(15-5-1)43-46-44(29-16-6-2-7-17-29)48-45(47-43)50-36-22-12-10-20-31(36)33-26-27-37-39(40(33)50)35-25-24-34-32-21-11-13-23-38(32)51-42(34)41(35)49(37)30-18-8-3-9-19-30/h1-27,43H,(H,46,47,48). The van der Waals surface area contributed by atoms with E-state index in [1.165, 1.54) is 0 Å². The third-order valence-electron chi connectivity index (χ3n) is 10.2. The van der Waals surface area contributed by atoms with Crippen LogP contribution in [0.2, 0.25) is 0 Å². The highest BCUT2D eigenvalue weighted by atomic mass is 16.3. The van der Waals surface area contributed by atoms with E-state index in [-0.39, 0.29) is 6.17 Å². The molecule has 0 amide bonds. The molecule has 10 aromatic rings. The molecule has 0 radical (unpaired) electrons. The van der Waals surface area contributed by atoms with Crippen molar-refractivity contribution in [2.45, 2.75) is 6.17 Å². The molecule has 1 aliphatic heterocycles. The van der Waals surface area contributed by atoms with Crippen molar-refractivity contribution in [1.82, 2.24) is 14.5 Å². The van der Waals surface area contributed by atoms with Gasteiger partial charge in [-0.05, 0) is 42.0 Å². The van der Waals surface area contributed by atoms with Crippen LogP contribution in [-0.2, 0) is 0 Å². The molecule has 4 heterocycles. The van der Waals surface area contributed by atoms with Gasteiger partial charge in [-0.3, -0.25) is 4.57 Å². The molecule has 51 heavy (non-hydrogen) atoms. The molecule has 0 aliphatic carbocycles. The predicted octanol–water partition coefficient (Wildman–Crippen LogP) is 10.7. The van der Waals surface area contributed by atoms with Crippen LogP contribution < -0.4 is 5.32 Å². The number of aromatic nitrogens is 2. The molecule has 0 spiro atoms. The Hall–Kier alpha value is -6.92. The summed E-state index contributed by atoms with van der Waals surface area (Å²) in [5.41, 5.74) is 9.13. The number of amidine groups is 1. The number of nitrogens with zero attached hydrogens (tertiary/aromatic N) is 4. The molecule has 0 saturated heterocycles. The molecule has 6 nitrogen and oxygen atoms in total. The van der Waals surface area contributed by atoms with Crippen molar-refractivity contribution in [3.05, 3.63) is 175 Å². The fraction of sp³-hybridized carbons (Fsp3) is 0.0222. The van der Waals surface area contributed by atoms with Crippen LogP contribution in [0.3, 0.4) is 0 Å². The fourth-order valence-electron chi connectivity index (χ4n) is 7.95. The molecule has 1 atom stereocenters. The van der Waals surface area contributed by atoms with E-state index in [1.54, 1.807) is 0 Å².